The molecular weight excluding hydrogens is 371 g/mol. The number of methoxy groups -OCH3 is 1. The molecule has 1 aromatic heterocycles. The van der Waals surface area contributed by atoms with Gasteiger partial charge in [0.05, 0.1) is 7.11 Å². The summed E-state index contributed by atoms with van der Waals surface area (Å²) < 4.78 is 18.1. The van der Waals surface area contributed by atoms with E-state index in [0.29, 0.717) is 11.4 Å². The van der Waals surface area contributed by atoms with Gasteiger partial charge in [-0.3, -0.25) is 9.59 Å². The van der Waals surface area contributed by atoms with Crippen LogP contribution in [0.25, 0.3) is 0 Å². The molecule has 0 unspecified atom stereocenters. The van der Waals surface area contributed by atoms with Crippen molar-refractivity contribution in [1.82, 2.24) is 15.5 Å². The summed E-state index contributed by atoms with van der Waals surface area (Å²) in [5, 5.41) is 12.9. The van der Waals surface area contributed by atoms with Gasteiger partial charge in [-0.2, -0.15) is 0 Å². The molecule has 0 fully saturated rings. The van der Waals surface area contributed by atoms with Gasteiger partial charge < -0.3 is 15.4 Å². The summed E-state index contributed by atoms with van der Waals surface area (Å²) in [6.45, 7) is 0.250. The molecule has 2 aromatic carbocycles. The van der Waals surface area contributed by atoms with Crippen molar-refractivity contribution in [3.05, 3.63) is 69.9 Å². The van der Waals surface area contributed by atoms with Gasteiger partial charge in [-0.1, -0.05) is 29.5 Å². The number of para-hydroxylation sites is 1. The Labute approximate surface area is 158 Å². The Bertz CT molecular complexity index is 959. The van der Waals surface area contributed by atoms with Crippen LogP contribution in [0, 0.1) is 5.82 Å². The Hall–Kier alpha value is -3.33. The van der Waals surface area contributed by atoms with Crippen molar-refractivity contribution in [2.45, 2.75) is 6.54 Å². The summed E-state index contributed by atoms with van der Waals surface area (Å²) in [6, 6.07) is 12.6. The number of aromatic nitrogens is 2. The SMILES string of the molecule is COc1ccccc1CNC(=O)c1nnc(C(=O)Nc2ccc(F)cc2)s1. The Kier molecular flexibility index (Phi) is 5.72. The molecule has 0 aliphatic heterocycles. The van der Waals surface area contributed by atoms with Crippen LogP contribution in [-0.2, 0) is 6.54 Å². The highest BCUT2D eigenvalue weighted by Gasteiger charge is 2.18. The third-order valence-electron chi connectivity index (χ3n) is 3.55. The predicted molar refractivity (Wildman–Crippen MR) is 98.4 cm³/mol. The second-order valence-corrected chi connectivity index (χ2v) is 6.35. The average Bonchev–Trinajstić information content (AvgIpc) is 3.18. The molecule has 0 radical (unpaired) electrons. The van der Waals surface area contributed by atoms with Crippen LogP contribution in [0.2, 0.25) is 0 Å². The van der Waals surface area contributed by atoms with E-state index in [1.54, 1.807) is 13.2 Å². The molecule has 1 heterocycles. The van der Waals surface area contributed by atoms with Gasteiger partial charge in [0, 0.05) is 17.8 Å². The number of ether oxygens (including phenoxy) is 1. The van der Waals surface area contributed by atoms with E-state index in [2.05, 4.69) is 20.8 Å². The Balaban J connectivity index is 1.61. The molecule has 0 saturated heterocycles. The monoisotopic (exact) mass is 386 g/mol. The molecule has 138 valence electrons. The molecule has 0 aliphatic rings. The van der Waals surface area contributed by atoms with Gasteiger partial charge >= 0.3 is 0 Å². The van der Waals surface area contributed by atoms with E-state index in [1.165, 1.54) is 24.3 Å². The van der Waals surface area contributed by atoms with Crippen molar-refractivity contribution in [3.8, 4) is 5.75 Å². The quantitative estimate of drug-likeness (QED) is 0.680. The van der Waals surface area contributed by atoms with Gasteiger partial charge in [-0.05, 0) is 30.3 Å². The maximum Gasteiger partial charge on any atom is 0.286 e. The lowest BCUT2D eigenvalue weighted by Gasteiger charge is -2.08. The first-order valence-electron chi connectivity index (χ1n) is 7.87. The van der Waals surface area contributed by atoms with Gasteiger partial charge in [0.15, 0.2) is 0 Å². The van der Waals surface area contributed by atoms with Crippen LogP contribution in [0.15, 0.2) is 48.5 Å². The molecule has 0 bridgehead atoms. The Morgan fingerprint density at radius 2 is 1.70 bits per heavy atom. The molecular formula is C18H15FN4O3S. The Morgan fingerprint density at radius 3 is 2.41 bits per heavy atom. The predicted octanol–water partition coefficient (Wildman–Crippen LogP) is 2.87. The molecule has 0 spiro atoms. The fourth-order valence-electron chi connectivity index (χ4n) is 2.22. The van der Waals surface area contributed by atoms with Crippen LogP contribution in [0.4, 0.5) is 10.1 Å². The van der Waals surface area contributed by atoms with Gasteiger partial charge in [-0.25, -0.2) is 4.39 Å². The lowest BCUT2D eigenvalue weighted by atomic mass is 10.2. The van der Waals surface area contributed by atoms with E-state index in [0.717, 1.165) is 16.9 Å². The van der Waals surface area contributed by atoms with E-state index >= 15 is 0 Å². The van der Waals surface area contributed by atoms with Crippen molar-refractivity contribution >= 4 is 28.8 Å². The van der Waals surface area contributed by atoms with E-state index in [9.17, 15) is 14.0 Å². The van der Waals surface area contributed by atoms with Crippen molar-refractivity contribution in [2.75, 3.05) is 12.4 Å². The zero-order valence-electron chi connectivity index (χ0n) is 14.2. The first-order valence-corrected chi connectivity index (χ1v) is 8.69. The lowest BCUT2D eigenvalue weighted by Crippen LogP contribution is -2.22. The van der Waals surface area contributed by atoms with E-state index < -0.39 is 17.6 Å². The number of nitrogens with one attached hydrogen (secondary N) is 2. The van der Waals surface area contributed by atoms with Gasteiger partial charge in [-0.15, -0.1) is 10.2 Å². The van der Waals surface area contributed by atoms with Gasteiger partial charge in [0.2, 0.25) is 10.0 Å². The summed E-state index contributed by atoms with van der Waals surface area (Å²) in [5.41, 5.74) is 1.23. The van der Waals surface area contributed by atoms with Crippen molar-refractivity contribution in [3.63, 3.8) is 0 Å². The van der Waals surface area contributed by atoms with Crippen LogP contribution in [-0.4, -0.2) is 29.1 Å². The fraction of sp³-hybridized carbons (Fsp3) is 0.111. The molecule has 0 atom stereocenters. The van der Waals surface area contributed by atoms with Gasteiger partial charge in [0.25, 0.3) is 11.8 Å². The molecule has 7 nitrogen and oxygen atoms in total. The summed E-state index contributed by atoms with van der Waals surface area (Å²) in [6.07, 6.45) is 0. The van der Waals surface area contributed by atoms with Crippen LogP contribution >= 0.6 is 11.3 Å². The normalized spacial score (nSPS) is 10.3. The number of anilines is 1. The zero-order valence-corrected chi connectivity index (χ0v) is 15.0. The number of nitrogens with zero attached hydrogens (tertiary/aromatic N) is 2. The zero-order chi connectivity index (χ0) is 19.2. The summed E-state index contributed by atoms with van der Waals surface area (Å²) in [5.74, 6) is -0.713. The molecule has 3 aromatic rings. The number of amides is 2. The summed E-state index contributed by atoms with van der Waals surface area (Å²) in [7, 11) is 1.55. The standard InChI is InChI=1S/C18H15FN4O3S/c1-26-14-5-3-2-4-11(14)10-20-15(24)17-22-23-18(27-17)16(25)21-13-8-6-12(19)7-9-13/h2-9H,10H2,1H3,(H,20,24)(H,21,25). The number of rotatable bonds is 6. The molecule has 2 N–H and O–H groups in total. The third kappa shape index (κ3) is 4.64. The molecule has 0 aliphatic carbocycles. The van der Waals surface area contributed by atoms with E-state index in [4.69, 9.17) is 4.74 Å². The van der Waals surface area contributed by atoms with Crippen LogP contribution in [0.1, 0.15) is 25.2 Å². The van der Waals surface area contributed by atoms with Crippen molar-refractivity contribution < 1.29 is 18.7 Å². The summed E-state index contributed by atoms with van der Waals surface area (Å²) in [4.78, 5) is 24.4. The van der Waals surface area contributed by atoms with E-state index in [-0.39, 0.29) is 16.6 Å². The highest BCUT2D eigenvalue weighted by molar-refractivity contribution is 7.15. The fourth-order valence-corrected chi connectivity index (χ4v) is 2.88. The largest absolute Gasteiger partial charge is 0.496 e. The minimum absolute atomic E-state index is 0.0294. The minimum atomic E-state index is -0.525. The van der Waals surface area contributed by atoms with Gasteiger partial charge in [0.1, 0.15) is 11.6 Å². The second kappa shape index (κ2) is 8.37. The number of hydrogen-bond acceptors (Lipinski definition) is 6. The van der Waals surface area contributed by atoms with E-state index in [1.807, 2.05) is 18.2 Å². The molecule has 9 heteroatoms. The maximum absolute atomic E-state index is 12.9. The number of halogens is 1. The summed E-state index contributed by atoms with van der Waals surface area (Å²) >= 11 is 0.865. The third-order valence-corrected chi connectivity index (χ3v) is 4.47. The first-order chi connectivity index (χ1) is 13.1. The smallest absolute Gasteiger partial charge is 0.286 e. The lowest BCUT2D eigenvalue weighted by molar-refractivity contribution is 0.0948. The van der Waals surface area contributed by atoms with Crippen molar-refractivity contribution in [2.24, 2.45) is 0 Å². The number of carbonyl (C=O) groups is 2. The molecule has 27 heavy (non-hydrogen) atoms. The number of carbonyl (C=O) groups excluding carboxylic acids is 2. The number of hydrogen-bond donors (Lipinski definition) is 2. The van der Waals surface area contributed by atoms with Crippen molar-refractivity contribution in [1.29, 1.82) is 0 Å². The first kappa shape index (κ1) is 18.5. The molecule has 3 rings (SSSR count). The van der Waals surface area contributed by atoms with Crippen LogP contribution in [0.3, 0.4) is 0 Å². The molecule has 2 amide bonds. The minimum Gasteiger partial charge on any atom is -0.496 e. The second-order valence-electron chi connectivity index (χ2n) is 5.37. The van der Waals surface area contributed by atoms with Crippen LogP contribution < -0.4 is 15.4 Å². The maximum atomic E-state index is 12.9. The molecule has 0 saturated carbocycles. The topological polar surface area (TPSA) is 93.2 Å². The number of benzene rings is 2. The average molecular weight is 386 g/mol. The highest BCUT2D eigenvalue weighted by atomic mass is 32.1. The Morgan fingerprint density at radius 1 is 1.04 bits per heavy atom. The highest BCUT2D eigenvalue weighted by Crippen LogP contribution is 2.18. The van der Waals surface area contributed by atoms with Crippen LogP contribution in [0.5, 0.6) is 5.75 Å².